The van der Waals surface area contributed by atoms with E-state index < -0.39 is 0 Å². The van der Waals surface area contributed by atoms with Crippen molar-refractivity contribution in [3.05, 3.63) is 0 Å². The fraction of sp³-hybridized carbons (Fsp3) is 1.00. The third kappa shape index (κ3) is 2.27. The molecule has 2 unspecified atom stereocenters. The van der Waals surface area contributed by atoms with E-state index in [1.807, 2.05) is 0 Å². The largest absolute Gasteiger partial charge is 0.328 e. The second kappa shape index (κ2) is 3.94. The van der Waals surface area contributed by atoms with Gasteiger partial charge in [-0.25, -0.2) is 0 Å². The molecule has 0 spiro atoms. The van der Waals surface area contributed by atoms with E-state index in [0.29, 0.717) is 6.04 Å². The topological polar surface area (TPSA) is 38.0 Å². The van der Waals surface area contributed by atoms with Crippen molar-refractivity contribution in [3.63, 3.8) is 0 Å². The molecule has 0 aromatic carbocycles. The summed E-state index contributed by atoms with van der Waals surface area (Å²) in [5.41, 5.74) is 5.81. The lowest BCUT2D eigenvalue weighted by molar-refractivity contribution is 0.403. The molecule has 1 aliphatic heterocycles. The van der Waals surface area contributed by atoms with Gasteiger partial charge in [-0.05, 0) is 45.2 Å². The minimum atomic E-state index is 0.389. The van der Waals surface area contributed by atoms with Gasteiger partial charge in [0.15, 0.2) is 0 Å². The maximum atomic E-state index is 5.81. The molecule has 0 bridgehead atoms. The standard InChI is InChI=1S/C8H18N2/c1-7(9)8-3-2-5-10-6-4-8/h7-8,10H,2-6,9H2,1H3. The minimum absolute atomic E-state index is 0.389. The molecule has 0 aromatic heterocycles. The molecule has 3 N–H and O–H groups in total. The van der Waals surface area contributed by atoms with Gasteiger partial charge in [0.25, 0.3) is 0 Å². The zero-order chi connectivity index (χ0) is 7.40. The molecule has 2 nitrogen and oxygen atoms in total. The van der Waals surface area contributed by atoms with Crippen LogP contribution in [0.25, 0.3) is 0 Å². The fourth-order valence-electron chi connectivity index (χ4n) is 1.57. The summed E-state index contributed by atoms with van der Waals surface area (Å²) in [6, 6.07) is 0.389. The number of hydrogen-bond acceptors (Lipinski definition) is 2. The minimum Gasteiger partial charge on any atom is -0.328 e. The Bertz CT molecular complexity index is 83.3. The summed E-state index contributed by atoms with van der Waals surface area (Å²) >= 11 is 0. The molecule has 60 valence electrons. The van der Waals surface area contributed by atoms with Gasteiger partial charge in [-0.3, -0.25) is 0 Å². The van der Waals surface area contributed by atoms with Gasteiger partial charge in [0, 0.05) is 6.04 Å². The van der Waals surface area contributed by atoms with E-state index in [-0.39, 0.29) is 0 Å². The summed E-state index contributed by atoms with van der Waals surface area (Å²) < 4.78 is 0. The third-order valence-corrected chi connectivity index (χ3v) is 2.36. The van der Waals surface area contributed by atoms with Gasteiger partial charge < -0.3 is 11.1 Å². The smallest absolute Gasteiger partial charge is 0.00392 e. The van der Waals surface area contributed by atoms with Crippen molar-refractivity contribution in [2.45, 2.75) is 32.2 Å². The highest BCUT2D eigenvalue weighted by Crippen LogP contribution is 2.15. The molecular weight excluding hydrogens is 124 g/mol. The number of hydrogen-bond donors (Lipinski definition) is 2. The summed E-state index contributed by atoms with van der Waals surface area (Å²) in [7, 11) is 0. The first-order valence-electron chi connectivity index (χ1n) is 4.27. The zero-order valence-corrected chi connectivity index (χ0v) is 6.77. The van der Waals surface area contributed by atoms with Crippen LogP contribution >= 0.6 is 0 Å². The van der Waals surface area contributed by atoms with Gasteiger partial charge in [-0.15, -0.1) is 0 Å². The Morgan fingerprint density at radius 2 is 2.20 bits per heavy atom. The van der Waals surface area contributed by atoms with Crippen LogP contribution in [0.15, 0.2) is 0 Å². The number of nitrogens with two attached hydrogens (primary N) is 1. The highest BCUT2D eigenvalue weighted by atomic mass is 14.9. The Balaban J connectivity index is 2.28. The summed E-state index contributed by atoms with van der Waals surface area (Å²) in [6.07, 6.45) is 3.87. The van der Waals surface area contributed by atoms with E-state index in [1.54, 1.807) is 0 Å². The van der Waals surface area contributed by atoms with E-state index in [2.05, 4.69) is 12.2 Å². The van der Waals surface area contributed by atoms with Crippen molar-refractivity contribution in [1.29, 1.82) is 0 Å². The Labute approximate surface area is 63.2 Å². The van der Waals surface area contributed by atoms with Gasteiger partial charge in [0.2, 0.25) is 0 Å². The molecule has 0 radical (unpaired) electrons. The molecule has 1 fully saturated rings. The molecule has 2 heteroatoms. The van der Waals surface area contributed by atoms with Crippen LogP contribution < -0.4 is 11.1 Å². The van der Waals surface area contributed by atoms with Gasteiger partial charge in [-0.1, -0.05) is 0 Å². The number of rotatable bonds is 1. The molecule has 1 heterocycles. The predicted octanol–water partition coefficient (Wildman–Crippen LogP) is 0.723. The molecule has 0 aromatic rings. The Hall–Kier alpha value is -0.0800. The lowest BCUT2D eigenvalue weighted by Gasteiger charge is -2.16. The first-order valence-corrected chi connectivity index (χ1v) is 4.27. The molecular formula is C8H18N2. The SMILES string of the molecule is CC(N)C1CCCNCC1. The summed E-state index contributed by atoms with van der Waals surface area (Å²) in [6.45, 7) is 4.46. The van der Waals surface area contributed by atoms with Crippen LogP contribution in [0, 0.1) is 5.92 Å². The van der Waals surface area contributed by atoms with Crippen molar-refractivity contribution in [2.75, 3.05) is 13.1 Å². The van der Waals surface area contributed by atoms with Crippen molar-refractivity contribution in [2.24, 2.45) is 11.7 Å². The molecule has 0 aliphatic carbocycles. The van der Waals surface area contributed by atoms with Crippen molar-refractivity contribution < 1.29 is 0 Å². The highest BCUT2D eigenvalue weighted by molar-refractivity contribution is 4.72. The van der Waals surface area contributed by atoms with E-state index in [9.17, 15) is 0 Å². The molecule has 0 amide bonds. The lowest BCUT2D eigenvalue weighted by Crippen LogP contribution is -2.27. The second-order valence-corrected chi connectivity index (χ2v) is 3.30. The molecule has 1 rings (SSSR count). The Morgan fingerprint density at radius 3 is 2.90 bits per heavy atom. The summed E-state index contributed by atoms with van der Waals surface area (Å²) in [5, 5.41) is 3.38. The third-order valence-electron chi connectivity index (χ3n) is 2.36. The van der Waals surface area contributed by atoms with Gasteiger partial charge in [-0.2, -0.15) is 0 Å². The van der Waals surface area contributed by atoms with Crippen LogP contribution in [0.2, 0.25) is 0 Å². The molecule has 2 atom stereocenters. The number of nitrogens with one attached hydrogen (secondary N) is 1. The molecule has 1 saturated heterocycles. The first kappa shape index (κ1) is 8.02. The van der Waals surface area contributed by atoms with Crippen LogP contribution in [-0.2, 0) is 0 Å². The average Bonchev–Trinajstić information content (AvgIpc) is 2.12. The lowest BCUT2D eigenvalue weighted by atomic mass is 9.94. The molecule has 1 aliphatic rings. The fourth-order valence-corrected chi connectivity index (χ4v) is 1.57. The zero-order valence-electron chi connectivity index (χ0n) is 6.77. The molecule has 10 heavy (non-hydrogen) atoms. The summed E-state index contributed by atoms with van der Waals surface area (Å²) in [4.78, 5) is 0. The maximum Gasteiger partial charge on any atom is 0.00392 e. The van der Waals surface area contributed by atoms with E-state index in [1.165, 1.54) is 25.8 Å². The van der Waals surface area contributed by atoms with Gasteiger partial charge in [0.1, 0.15) is 0 Å². The van der Waals surface area contributed by atoms with Crippen LogP contribution in [0.5, 0.6) is 0 Å². The van der Waals surface area contributed by atoms with Crippen molar-refractivity contribution in [1.82, 2.24) is 5.32 Å². The van der Waals surface area contributed by atoms with Crippen LogP contribution in [-0.4, -0.2) is 19.1 Å². The van der Waals surface area contributed by atoms with Crippen LogP contribution in [0.3, 0.4) is 0 Å². The van der Waals surface area contributed by atoms with Gasteiger partial charge >= 0.3 is 0 Å². The first-order chi connectivity index (χ1) is 4.80. The predicted molar refractivity (Wildman–Crippen MR) is 43.9 cm³/mol. The highest BCUT2D eigenvalue weighted by Gasteiger charge is 2.14. The van der Waals surface area contributed by atoms with Gasteiger partial charge in [0.05, 0.1) is 0 Å². The monoisotopic (exact) mass is 142 g/mol. The van der Waals surface area contributed by atoms with E-state index in [0.717, 1.165) is 12.5 Å². The normalized spacial score (nSPS) is 31.2. The van der Waals surface area contributed by atoms with Crippen molar-refractivity contribution >= 4 is 0 Å². The Morgan fingerprint density at radius 1 is 1.40 bits per heavy atom. The Kier molecular flexibility index (Phi) is 3.16. The van der Waals surface area contributed by atoms with E-state index in [4.69, 9.17) is 5.73 Å². The second-order valence-electron chi connectivity index (χ2n) is 3.30. The maximum absolute atomic E-state index is 5.81. The summed E-state index contributed by atoms with van der Waals surface area (Å²) in [5.74, 6) is 0.759. The van der Waals surface area contributed by atoms with E-state index >= 15 is 0 Å². The quantitative estimate of drug-likeness (QED) is 0.566. The molecule has 0 saturated carbocycles. The van der Waals surface area contributed by atoms with Crippen LogP contribution in [0.4, 0.5) is 0 Å². The van der Waals surface area contributed by atoms with Crippen LogP contribution in [0.1, 0.15) is 26.2 Å². The van der Waals surface area contributed by atoms with Crippen molar-refractivity contribution in [3.8, 4) is 0 Å². The average molecular weight is 142 g/mol.